The molecule has 0 spiro atoms. The normalized spacial score (nSPS) is 11.6. The van der Waals surface area contributed by atoms with Crippen LogP contribution in [-0.4, -0.2) is 42.5 Å². The number of carbonyl (C=O) groups excluding carboxylic acids is 1. The maximum absolute atomic E-state index is 11.9. The second-order valence-corrected chi connectivity index (χ2v) is 6.89. The molecule has 1 aromatic heterocycles. The van der Waals surface area contributed by atoms with Gasteiger partial charge in [-0.05, 0) is 38.8 Å². The van der Waals surface area contributed by atoms with Crippen LogP contribution in [0.25, 0.3) is 10.9 Å². The number of halogens is 1. The zero-order valence-corrected chi connectivity index (χ0v) is 18.1. The lowest BCUT2D eigenvalue weighted by Crippen LogP contribution is -2.48. The molecule has 6 nitrogen and oxygen atoms in total. The molecule has 142 valence electrons. The standard InChI is InChI=1S/C19H27N5O.HI/c1-19(2,3)24-16(25)13-23-18(20-4)22-12-10-15-8-5-7-14-9-6-11-21-17(14)15;/h5-9,11H,10,12-13H2,1-4H3,(H,24,25)(H2,20,22,23);1H. The van der Waals surface area contributed by atoms with Gasteiger partial charge in [0, 0.05) is 30.7 Å². The number of carbonyl (C=O) groups is 1. The number of aliphatic imine (C=N–C) groups is 1. The summed E-state index contributed by atoms with van der Waals surface area (Å²) in [6.07, 6.45) is 2.64. The van der Waals surface area contributed by atoms with Crippen molar-refractivity contribution in [1.29, 1.82) is 0 Å². The van der Waals surface area contributed by atoms with Crippen LogP contribution in [0, 0.1) is 0 Å². The Morgan fingerprint density at radius 1 is 1.15 bits per heavy atom. The Morgan fingerprint density at radius 2 is 1.88 bits per heavy atom. The van der Waals surface area contributed by atoms with Crippen molar-refractivity contribution >= 4 is 46.7 Å². The van der Waals surface area contributed by atoms with Gasteiger partial charge in [-0.15, -0.1) is 24.0 Å². The van der Waals surface area contributed by atoms with Gasteiger partial charge in [0.1, 0.15) is 0 Å². The Balaban J connectivity index is 0.00000338. The van der Waals surface area contributed by atoms with Crippen LogP contribution in [-0.2, 0) is 11.2 Å². The first-order chi connectivity index (χ1) is 11.9. The first kappa shape index (κ1) is 22.1. The minimum Gasteiger partial charge on any atom is -0.356 e. The Labute approximate surface area is 172 Å². The molecule has 1 heterocycles. The summed E-state index contributed by atoms with van der Waals surface area (Å²) in [6.45, 7) is 6.76. The number of pyridine rings is 1. The molecule has 0 atom stereocenters. The van der Waals surface area contributed by atoms with Crippen LogP contribution in [0.3, 0.4) is 0 Å². The summed E-state index contributed by atoms with van der Waals surface area (Å²) >= 11 is 0. The van der Waals surface area contributed by atoms with Gasteiger partial charge in [0.15, 0.2) is 5.96 Å². The number of hydrogen-bond acceptors (Lipinski definition) is 3. The molecule has 0 aliphatic carbocycles. The highest BCUT2D eigenvalue weighted by Crippen LogP contribution is 2.15. The van der Waals surface area contributed by atoms with Gasteiger partial charge in [0.2, 0.25) is 5.91 Å². The fourth-order valence-corrected chi connectivity index (χ4v) is 2.53. The minimum absolute atomic E-state index is 0. The van der Waals surface area contributed by atoms with Gasteiger partial charge in [-0.2, -0.15) is 0 Å². The van der Waals surface area contributed by atoms with Crippen molar-refractivity contribution in [3.05, 3.63) is 42.1 Å². The van der Waals surface area contributed by atoms with Crippen LogP contribution in [0.4, 0.5) is 0 Å². The van der Waals surface area contributed by atoms with Gasteiger partial charge in [0.05, 0.1) is 12.1 Å². The van der Waals surface area contributed by atoms with Crippen molar-refractivity contribution in [3.63, 3.8) is 0 Å². The zero-order chi connectivity index (χ0) is 18.3. The highest BCUT2D eigenvalue weighted by atomic mass is 127. The van der Waals surface area contributed by atoms with Gasteiger partial charge < -0.3 is 16.0 Å². The number of nitrogens with one attached hydrogen (secondary N) is 3. The monoisotopic (exact) mass is 469 g/mol. The van der Waals surface area contributed by atoms with Gasteiger partial charge in [-0.1, -0.05) is 24.3 Å². The SMILES string of the molecule is CN=C(NCCc1cccc2cccnc12)NCC(=O)NC(C)(C)C.I. The van der Waals surface area contributed by atoms with E-state index in [2.05, 4.69) is 44.1 Å². The Bertz CT molecular complexity index is 750. The lowest BCUT2D eigenvalue weighted by molar-refractivity contribution is -0.121. The highest BCUT2D eigenvalue weighted by Gasteiger charge is 2.13. The molecule has 0 aliphatic rings. The Kier molecular flexibility index (Phi) is 8.77. The summed E-state index contributed by atoms with van der Waals surface area (Å²) in [4.78, 5) is 20.5. The fourth-order valence-electron chi connectivity index (χ4n) is 2.53. The average molecular weight is 469 g/mol. The number of guanidine groups is 1. The summed E-state index contributed by atoms with van der Waals surface area (Å²) in [5.74, 6) is 0.547. The first-order valence-electron chi connectivity index (χ1n) is 8.47. The van der Waals surface area contributed by atoms with Crippen LogP contribution in [0.1, 0.15) is 26.3 Å². The molecule has 3 N–H and O–H groups in total. The van der Waals surface area contributed by atoms with Crippen LogP contribution in [0.15, 0.2) is 41.5 Å². The molecular formula is C19H28IN5O. The molecule has 0 radical (unpaired) electrons. The Morgan fingerprint density at radius 3 is 2.58 bits per heavy atom. The van der Waals surface area contributed by atoms with E-state index >= 15 is 0 Å². The number of hydrogen-bond donors (Lipinski definition) is 3. The van der Waals surface area contributed by atoms with E-state index in [4.69, 9.17) is 0 Å². The average Bonchev–Trinajstić information content (AvgIpc) is 2.56. The zero-order valence-electron chi connectivity index (χ0n) is 15.8. The smallest absolute Gasteiger partial charge is 0.239 e. The predicted molar refractivity (Wildman–Crippen MR) is 118 cm³/mol. The van der Waals surface area contributed by atoms with E-state index < -0.39 is 0 Å². The number of aromatic nitrogens is 1. The lowest BCUT2D eigenvalue weighted by atomic mass is 10.1. The number of nitrogens with zero attached hydrogens (tertiary/aromatic N) is 2. The number of rotatable bonds is 5. The van der Waals surface area contributed by atoms with Gasteiger partial charge in [-0.3, -0.25) is 14.8 Å². The van der Waals surface area contributed by atoms with E-state index in [1.807, 2.05) is 39.1 Å². The van der Waals surface area contributed by atoms with E-state index in [9.17, 15) is 4.79 Å². The molecule has 0 saturated carbocycles. The van der Waals surface area contributed by atoms with E-state index in [1.54, 1.807) is 7.05 Å². The topological polar surface area (TPSA) is 78.4 Å². The molecule has 0 bridgehead atoms. The van der Waals surface area contributed by atoms with Crippen molar-refractivity contribution in [2.45, 2.75) is 32.7 Å². The van der Waals surface area contributed by atoms with Gasteiger partial charge in [0.25, 0.3) is 0 Å². The maximum atomic E-state index is 11.9. The first-order valence-corrected chi connectivity index (χ1v) is 8.47. The van der Waals surface area contributed by atoms with Gasteiger partial charge in [-0.25, -0.2) is 0 Å². The molecule has 0 fully saturated rings. The van der Waals surface area contributed by atoms with Crippen LogP contribution >= 0.6 is 24.0 Å². The second-order valence-electron chi connectivity index (χ2n) is 6.89. The third kappa shape index (κ3) is 7.15. The molecule has 2 rings (SSSR count). The molecule has 2 aromatic rings. The summed E-state index contributed by atoms with van der Waals surface area (Å²) in [5.41, 5.74) is 1.97. The van der Waals surface area contributed by atoms with E-state index in [0.29, 0.717) is 12.5 Å². The molecule has 1 amide bonds. The summed E-state index contributed by atoms with van der Waals surface area (Å²) in [5, 5.41) is 10.3. The van der Waals surface area contributed by atoms with Crippen molar-refractivity contribution < 1.29 is 4.79 Å². The maximum Gasteiger partial charge on any atom is 0.239 e. The van der Waals surface area contributed by atoms with Crippen molar-refractivity contribution in [3.8, 4) is 0 Å². The highest BCUT2D eigenvalue weighted by molar-refractivity contribution is 14.0. The minimum atomic E-state index is -0.239. The van der Waals surface area contributed by atoms with E-state index in [0.717, 1.165) is 17.3 Å². The van der Waals surface area contributed by atoms with Crippen molar-refractivity contribution in [2.24, 2.45) is 4.99 Å². The molecule has 0 aliphatic heterocycles. The third-order valence-corrected chi connectivity index (χ3v) is 3.56. The number of fused-ring (bicyclic) bond motifs is 1. The third-order valence-electron chi connectivity index (χ3n) is 3.56. The van der Waals surface area contributed by atoms with Crippen molar-refractivity contribution in [2.75, 3.05) is 20.1 Å². The molecule has 0 saturated heterocycles. The number of benzene rings is 1. The largest absolute Gasteiger partial charge is 0.356 e. The van der Waals surface area contributed by atoms with Gasteiger partial charge >= 0.3 is 0 Å². The lowest BCUT2D eigenvalue weighted by Gasteiger charge is -2.21. The molecule has 0 unspecified atom stereocenters. The summed E-state index contributed by atoms with van der Waals surface area (Å²) in [6, 6.07) is 10.2. The van der Waals surface area contributed by atoms with Crippen LogP contribution in [0.2, 0.25) is 0 Å². The summed E-state index contributed by atoms with van der Waals surface area (Å²) < 4.78 is 0. The fraction of sp³-hybridized carbons (Fsp3) is 0.421. The second kappa shape index (κ2) is 10.3. The molecular weight excluding hydrogens is 441 g/mol. The molecule has 7 heteroatoms. The number of amides is 1. The quantitative estimate of drug-likeness (QED) is 0.357. The summed E-state index contributed by atoms with van der Waals surface area (Å²) in [7, 11) is 1.69. The molecule has 1 aromatic carbocycles. The predicted octanol–water partition coefficient (Wildman–Crippen LogP) is 2.48. The van der Waals surface area contributed by atoms with Crippen LogP contribution in [0.5, 0.6) is 0 Å². The number of para-hydroxylation sites is 1. The van der Waals surface area contributed by atoms with Crippen molar-refractivity contribution in [1.82, 2.24) is 20.9 Å². The van der Waals surface area contributed by atoms with Crippen LogP contribution < -0.4 is 16.0 Å². The van der Waals surface area contributed by atoms with E-state index in [1.165, 1.54) is 5.56 Å². The van der Waals surface area contributed by atoms with E-state index in [-0.39, 0.29) is 42.0 Å². The Hall–Kier alpha value is -1.90. The molecule has 26 heavy (non-hydrogen) atoms.